The van der Waals surface area contributed by atoms with Crippen LogP contribution >= 0.6 is 0 Å². The van der Waals surface area contributed by atoms with Crippen molar-refractivity contribution < 1.29 is 13.2 Å². The molecule has 148 valence electrons. The second-order valence-electron chi connectivity index (χ2n) is 7.14. The van der Waals surface area contributed by atoms with Crippen molar-refractivity contribution in [3.8, 4) is 5.75 Å². The quantitative estimate of drug-likeness (QED) is 0.783. The van der Waals surface area contributed by atoms with Crippen LogP contribution in [0.5, 0.6) is 5.75 Å². The van der Waals surface area contributed by atoms with Crippen LogP contribution in [0.4, 0.5) is 0 Å². The summed E-state index contributed by atoms with van der Waals surface area (Å²) in [7, 11) is -1.92. The van der Waals surface area contributed by atoms with Crippen molar-refractivity contribution in [1.82, 2.24) is 14.1 Å². The van der Waals surface area contributed by atoms with Gasteiger partial charge >= 0.3 is 0 Å². The van der Waals surface area contributed by atoms with Gasteiger partial charge in [-0.25, -0.2) is 8.42 Å². The number of aromatic nitrogens is 2. The van der Waals surface area contributed by atoms with Crippen molar-refractivity contribution in [2.24, 2.45) is 0 Å². The Morgan fingerprint density at radius 3 is 2.48 bits per heavy atom. The number of sulfonamides is 1. The molecule has 0 unspecified atom stereocenters. The van der Waals surface area contributed by atoms with Crippen molar-refractivity contribution in [1.29, 1.82) is 0 Å². The van der Waals surface area contributed by atoms with Gasteiger partial charge in [0, 0.05) is 19.6 Å². The Morgan fingerprint density at radius 2 is 1.89 bits per heavy atom. The molecule has 1 aliphatic heterocycles. The molecule has 1 aliphatic rings. The van der Waals surface area contributed by atoms with Crippen LogP contribution in [0.3, 0.4) is 0 Å². The number of methoxy groups -OCH3 is 1. The third-order valence-corrected chi connectivity index (χ3v) is 7.55. The lowest BCUT2D eigenvalue weighted by molar-refractivity contribution is 0.404. The molecule has 1 fully saturated rings. The fourth-order valence-electron chi connectivity index (χ4n) is 3.96. The fourth-order valence-corrected chi connectivity index (χ4v) is 5.86. The van der Waals surface area contributed by atoms with Gasteiger partial charge in [-0.2, -0.15) is 9.40 Å². The number of ether oxygens (including phenoxy) is 1. The molecule has 1 atom stereocenters. The Bertz CT molecular complexity index is 888. The average Bonchev–Trinajstić information content (AvgIpc) is 2.83. The van der Waals surface area contributed by atoms with E-state index in [0.29, 0.717) is 30.2 Å². The van der Waals surface area contributed by atoms with Gasteiger partial charge in [0.25, 0.3) is 0 Å². The SMILES string of the molecule is CCn1nc(C)c(S(=O)(=O)N2CCCC[C@H](c3ccc(OC)cc3)C2)c1C. The second-order valence-corrected chi connectivity index (χ2v) is 9.02. The Morgan fingerprint density at radius 1 is 1.19 bits per heavy atom. The highest BCUT2D eigenvalue weighted by Gasteiger charge is 2.33. The van der Waals surface area contributed by atoms with E-state index in [0.717, 1.165) is 36.3 Å². The molecule has 0 N–H and O–H groups in total. The standard InChI is InChI=1S/C20H29N3O3S/c1-5-23-16(3)20(15(2)21-23)27(24,25)22-13-7-6-8-18(14-22)17-9-11-19(26-4)12-10-17/h9-12,18H,5-8,13-14H2,1-4H3/t18-/m0/s1. The first-order valence-corrected chi connectivity index (χ1v) is 11.0. The van der Waals surface area contributed by atoms with E-state index in [4.69, 9.17) is 4.74 Å². The Kier molecular flexibility index (Phi) is 5.91. The summed E-state index contributed by atoms with van der Waals surface area (Å²) in [5, 5.41) is 4.41. The highest BCUT2D eigenvalue weighted by molar-refractivity contribution is 7.89. The maximum absolute atomic E-state index is 13.4. The average molecular weight is 392 g/mol. The van der Waals surface area contributed by atoms with Gasteiger partial charge in [0.1, 0.15) is 10.6 Å². The summed E-state index contributed by atoms with van der Waals surface area (Å²) in [6.45, 7) is 7.33. The lowest BCUT2D eigenvalue weighted by Gasteiger charge is -2.24. The fraction of sp³-hybridized carbons (Fsp3) is 0.550. The largest absolute Gasteiger partial charge is 0.497 e. The number of hydrogen-bond acceptors (Lipinski definition) is 4. The molecule has 0 aliphatic carbocycles. The van der Waals surface area contributed by atoms with Gasteiger partial charge in [0.15, 0.2) is 0 Å². The Labute approximate surface area is 162 Å². The lowest BCUT2D eigenvalue weighted by atomic mass is 9.94. The first kappa shape index (κ1) is 19.9. The lowest BCUT2D eigenvalue weighted by Crippen LogP contribution is -2.34. The van der Waals surface area contributed by atoms with E-state index in [1.54, 1.807) is 23.0 Å². The van der Waals surface area contributed by atoms with Crippen molar-refractivity contribution in [2.75, 3.05) is 20.2 Å². The van der Waals surface area contributed by atoms with E-state index in [1.807, 2.05) is 38.1 Å². The van der Waals surface area contributed by atoms with Gasteiger partial charge in [0.2, 0.25) is 10.0 Å². The summed E-state index contributed by atoms with van der Waals surface area (Å²) in [6, 6.07) is 7.98. The minimum atomic E-state index is -3.56. The Hall–Kier alpha value is -1.86. The molecule has 1 aromatic carbocycles. The van der Waals surface area contributed by atoms with Crippen LogP contribution < -0.4 is 4.74 Å². The zero-order valence-electron chi connectivity index (χ0n) is 16.6. The number of aryl methyl sites for hydroxylation is 2. The van der Waals surface area contributed by atoms with Crippen molar-refractivity contribution in [3.63, 3.8) is 0 Å². The number of benzene rings is 1. The smallest absolute Gasteiger partial charge is 0.246 e. The summed E-state index contributed by atoms with van der Waals surface area (Å²) in [4.78, 5) is 0.375. The minimum absolute atomic E-state index is 0.190. The molecule has 3 rings (SSSR count). The van der Waals surface area contributed by atoms with Crippen LogP contribution in [-0.2, 0) is 16.6 Å². The molecule has 1 aromatic heterocycles. The molecule has 0 saturated carbocycles. The van der Waals surface area contributed by atoms with Gasteiger partial charge < -0.3 is 4.74 Å². The second kappa shape index (κ2) is 8.02. The van der Waals surface area contributed by atoms with E-state index >= 15 is 0 Å². The predicted molar refractivity (Wildman–Crippen MR) is 106 cm³/mol. The molecular formula is C20H29N3O3S. The molecule has 0 spiro atoms. The van der Waals surface area contributed by atoms with Gasteiger partial charge in [-0.05, 0) is 57.2 Å². The first-order valence-electron chi connectivity index (χ1n) is 9.56. The van der Waals surface area contributed by atoms with Gasteiger partial charge in [-0.1, -0.05) is 18.6 Å². The maximum Gasteiger partial charge on any atom is 0.246 e. The summed E-state index contributed by atoms with van der Waals surface area (Å²) in [5.41, 5.74) is 2.47. The topological polar surface area (TPSA) is 64.4 Å². The van der Waals surface area contributed by atoms with Gasteiger partial charge in [0.05, 0.1) is 18.5 Å². The molecular weight excluding hydrogens is 362 g/mol. The van der Waals surface area contributed by atoms with Crippen LogP contribution in [0.15, 0.2) is 29.2 Å². The highest BCUT2D eigenvalue weighted by Crippen LogP contribution is 2.32. The van der Waals surface area contributed by atoms with Crippen LogP contribution in [-0.4, -0.2) is 42.7 Å². The monoisotopic (exact) mass is 391 g/mol. The molecule has 0 amide bonds. The van der Waals surface area contributed by atoms with Gasteiger partial charge in [-0.3, -0.25) is 4.68 Å². The third kappa shape index (κ3) is 3.89. The van der Waals surface area contributed by atoms with E-state index < -0.39 is 10.0 Å². The van der Waals surface area contributed by atoms with E-state index in [9.17, 15) is 8.42 Å². The maximum atomic E-state index is 13.4. The van der Waals surface area contributed by atoms with E-state index in [2.05, 4.69) is 5.10 Å². The van der Waals surface area contributed by atoms with Crippen molar-refractivity contribution in [3.05, 3.63) is 41.2 Å². The normalized spacial score (nSPS) is 19.0. The summed E-state index contributed by atoms with van der Waals surface area (Å²) in [6.07, 6.45) is 2.89. The van der Waals surface area contributed by atoms with Crippen molar-refractivity contribution >= 4 is 10.0 Å². The van der Waals surface area contributed by atoms with Crippen LogP contribution in [0.25, 0.3) is 0 Å². The zero-order valence-corrected chi connectivity index (χ0v) is 17.4. The summed E-state index contributed by atoms with van der Waals surface area (Å²) >= 11 is 0. The van der Waals surface area contributed by atoms with E-state index in [-0.39, 0.29) is 5.92 Å². The summed E-state index contributed by atoms with van der Waals surface area (Å²) < 4.78 is 35.5. The minimum Gasteiger partial charge on any atom is -0.497 e. The summed E-state index contributed by atoms with van der Waals surface area (Å²) in [5.74, 6) is 1.00. The molecule has 2 aromatic rings. The Balaban J connectivity index is 1.91. The van der Waals surface area contributed by atoms with E-state index in [1.165, 1.54) is 0 Å². The molecule has 27 heavy (non-hydrogen) atoms. The number of rotatable bonds is 5. The van der Waals surface area contributed by atoms with Crippen LogP contribution in [0.1, 0.15) is 49.1 Å². The molecule has 2 heterocycles. The first-order chi connectivity index (χ1) is 12.9. The predicted octanol–water partition coefficient (Wildman–Crippen LogP) is 3.49. The molecule has 7 heteroatoms. The number of hydrogen-bond donors (Lipinski definition) is 0. The zero-order chi connectivity index (χ0) is 19.6. The van der Waals surface area contributed by atoms with Crippen LogP contribution in [0, 0.1) is 13.8 Å². The third-order valence-electron chi connectivity index (χ3n) is 5.43. The number of nitrogens with zero attached hydrogens (tertiary/aromatic N) is 3. The molecule has 0 bridgehead atoms. The van der Waals surface area contributed by atoms with Crippen LogP contribution in [0.2, 0.25) is 0 Å². The molecule has 6 nitrogen and oxygen atoms in total. The van der Waals surface area contributed by atoms with Gasteiger partial charge in [-0.15, -0.1) is 0 Å². The highest BCUT2D eigenvalue weighted by atomic mass is 32.2. The van der Waals surface area contributed by atoms with Crippen molar-refractivity contribution in [2.45, 2.75) is 57.4 Å². The molecule has 1 saturated heterocycles. The molecule has 0 radical (unpaired) electrons.